The van der Waals surface area contributed by atoms with Gasteiger partial charge in [0.25, 0.3) is 0 Å². The molecule has 7 nitrogen and oxygen atoms in total. The standard InChI is InChI=1S/C20H31N3O4/c1-20(2,3)27-19(25)22(4)16-10-8-12-23(13-16)18(24)21-17-11-7-6-9-15(17)14-26-5/h6-7,9,11,16H,8,10,12-14H2,1-5H3,(H,21,24)/t16-/m0/s1. The molecule has 1 saturated heterocycles. The highest BCUT2D eigenvalue weighted by molar-refractivity contribution is 5.90. The van der Waals surface area contributed by atoms with Crippen molar-refractivity contribution in [3.05, 3.63) is 29.8 Å². The zero-order valence-electron chi connectivity index (χ0n) is 16.9. The van der Waals surface area contributed by atoms with Crippen molar-refractivity contribution >= 4 is 17.8 Å². The summed E-state index contributed by atoms with van der Waals surface area (Å²) >= 11 is 0. The number of nitrogens with zero attached hydrogens (tertiary/aromatic N) is 2. The molecule has 1 aliphatic rings. The number of rotatable bonds is 4. The zero-order valence-corrected chi connectivity index (χ0v) is 16.9. The fourth-order valence-corrected chi connectivity index (χ4v) is 3.06. The zero-order chi connectivity index (χ0) is 20.0. The van der Waals surface area contributed by atoms with E-state index in [9.17, 15) is 9.59 Å². The molecule has 0 unspecified atom stereocenters. The van der Waals surface area contributed by atoms with E-state index in [1.807, 2.05) is 45.0 Å². The van der Waals surface area contributed by atoms with Gasteiger partial charge in [0.15, 0.2) is 0 Å². The number of ether oxygens (including phenoxy) is 2. The quantitative estimate of drug-likeness (QED) is 0.869. The van der Waals surface area contributed by atoms with Crippen LogP contribution >= 0.6 is 0 Å². The van der Waals surface area contributed by atoms with Crippen LogP contribution in [0.1, 0.15) is 39.2 Å². The monoisotopic (exact) mass is 377 g/mol. The summed E-state index contributed by atoms with van der Waals surface area (Å²) in [6.45, 7) is 7.11. The second-order valence-electron chi connectivity index (χ2n) is 7.85. The summed E-state index contributed by atoms with van der Waals surface area (Å²) in [7, 11) is 3.36. The number of carbonyl (C=O) groups is 2. The maximum Gasteiger partial charge on any atom is 0.410 e. The van der Waals surface area contributed by atoms with Crippen molar-refractivity contribution in [3.8, 4) is 0 Å². The topological polar surface area (TPSA) is 71.1 Å². The van der Waals surface area contributed by atoms with Crippen LogP contribution in [0.4, 0.5) is 15.3 Å². The number of benzene rings is 1. The summed E-state index contributed by atoms with van der Waals surface area (Å²) in [5, 5.41) is 2.96. The van der Waals surface area contributed by atoms with Gasteiger partial charge < -0.3 is 24.6 Å². The van der Waals surface area contributed by atoms with Crippen molar-refractivity contribution in [1.82, 2.24) is 9.80 Å². The molecule has 0 radical (unpaired) electrons. The molecule has 1 aromatic rings. The third-order valence-corrected chi connectivity index (χ3v) is 4.47. The molecule has 3 amide bonds. The van der Waals surface area contributed by atoms with Crippen LogP contribution in [0.15, 0.2) is 24.3 Å². The molecule has 0 aliphatic carbocycles. The molecule has 1 aliphatic heterocycles. The first-order chi connectivity index (χ1) is 12.7. The lowest BCUT2D eigenvalue weighted by Crippen LogP contribution is -2.52. The highest BCUT2D eigenvalue weighted by atomic mass is 16.6. The molecule has 0 bridgehead atoms. The Kier molecular flexibility index (Phi) is 7.07. The molecule has 1 fully saturated rings. The lowest BCUT2D eigenvalue weighted by Gasteiger charge is -2.38. The van der Waals surface area contributed by atoms with Gasteiger partial charge in [0, 0.05) is 38.5 Å². The van der Waals surface area contributed by atoms with Crippen LogP contribution in [0.3, 0.4) is 0 Å². The van der Waals surface area contributed by atoms with Gasteiger partial charge in [0.05, 0.1) is 12.6 Å². The number of urea groups is 1. The smallest absolute Gasteiger partial charge is 0.410 e. The molecular formula is C20H31N3O4. The van der Waals surface area contributed by atoms with Crippen molar-refractivity contribution in [3.63, 3.8) is 0 Å². The number of para-hydroxylation sites is 1. The van der Waals surface area contributed by atoms with E-state index in [1.165, 1.54) is 0 Å². The van der Waals surface area contributed by atoms with Crippen LogP contribution in [0.5, 0.6) is 0 Å². The van der Waals surface area contributed by atoms with E-state index in [1.54, 1.807) is 24.0 Å². The van der Waals surface area contributed by atoms with E-state index < -0.39 is 5.60 Å². The Morgan fingerprint density at radius 1 is 1.30 bits per heavy atom. The Hall–Kier alpha value is -2.28. The first-order valence-corrected chi connectivity index (χ1v) is 9.30. The number of likely N-dealkylation sites (tertiary alicyclic amines) is 1. The second kappa shape index (κ2) is 9.08. The van der Waals surface area contributed by atoms with E-state index in [0.29, 0.717) is 19.7 Å². The number of hydrogen-bond donors (Lipinski definition) is 1. The number of hydrogen-bond acceptors (Lipinski definition) is 4. The Morgan fingerprint density at radius 3 is 2.67 bits per heavy atom. The molecular weight excluding hydrogens is 346 g/mol. The highest BCUT2D eigenvalue weighted by Crippen LogP contribution is 2.20. The molecule has 1 aromatic carbocycles. The van der Waals surface area contributed by atoms with Crippen molar-refractivity contribution in [2.45, 2.75) is 51.9 Å². The summed E-state index contributed by atoms with van der Waals surface area (Å²) in [6.07, 6.45) is 1.32. The van der Waals surface area contributed by atoms with Gasteiger partial charge in [-0.3, -0.25) is 0 Å². The van der Waals surface area contributed by atoms with Gasteiger partial charge in [0.2, 0.25) is 0 Å². The molecule has 1 atom stereocenters. The number of piperidine rings is 1. The van der Waals surface area contributed by atoms with Crippen molar-refractivity contribution in [1.29, 1.82) is 0 Å². The molecule has 0 spiro atoms. The molecule has 1 N–H and O–H groups in total. The van der Waals surface area contributed by atoms with Crippen molar-refractivity contribution in [2.24, 2.45) is 0 Å². The summed E-state index contributed by atoms with van der Waals surface area (Å²) < 4.78 is 10.6. The predicted molar refractivity (Wildman–Crippen MR) is 105 cm³/mol. The molecule has 2 rings (SSSR count). The van der Waals surface area contributed by atoms with Crippen molar-refractivity contribution in [2.75, 3.05) is 32.6 Å². The van der Waals surface area contributed by atoms with Crippen LogP contribution < -0.4 is 5.32 Å². The lowest BCUT2D eigenvalue weighted by atomic mass is 10.1. The number of likely N-dealkylation sites (N-methyl/N-ethyl adjacent to an activating group) is 1. The van der Waals surface area contributed by atoms with Gasteiger partial charge in [-0.05, 0) is 39.7 Å². The fourth-order valence-electron chi connectivity index (χ4n) is 3.06. The lowest BCUT2D eigenvalue weighted by molar-refractivity contribution is 0.0158. The minimum atomic E-state index is -0.540. The third kappa shape index (κ3) is 6.13. The van der Waals surface area contributed by atoms with Gasteiger partial charge >= 0.3 is 12.1 Å². The Balaban J connectivity index is 1.99. The Bertz CT molecular complexity index is 657. The Morgan fingerprint density at radius 2 is 2.00 bits per heavy atom. The molecule has 0 aromatic heterocycles. The summed E-state index contributed by atoms with van der Waals surface area (Å²) in [5.41, 5.74) is 1.13. The van der Waals surface area contributed by atoms with E-state index in [-0.39, 0.29) is 18.2 Å². The van der Waals surface area contributed by atoms with Crippen LogP contribution in [-0.4, -0.2) is 60.8 Å². The largest absolute Gasteiger partial charge is 0.444 e. The normalized spacial score (nSPS) is 17.4. The predicted octanol–water partition coefficient (Wildman–Crippen LogP) is 3.70. The Labute approximate surface area is 161 Å². The molecule has 150 valence electrons. The first kappa shape index (κ1) is 21.0. The highest BCUT2D eigenvalue weighted by Gasteiger charge is 2.31. The second-order valence-corrected chi connectivity index (χ2v) is 7.85. The van der Waals surface area contributed by atoms with Gasteiger partial charge in [-0.25, -0.2) is 9.59 Å². The molecule has 1 heterocycles. The number of nitrogens with one attached hydrogen (secondary N) is 1. The third-order valence-electron chi connectivity index (χ3n) is 4.47. The minimum Gasteiger partial charge on any atom is -0.444 e. The van der Waals surface area contributed by atoms with Crippen LogP contribution in [-0.2, 0) is 16.1 Å². The molecule has 27 heavy (non-hydrogen) atoms. The molecule has 7 heteroatoms. The van der Waals surface area contributed by atoms with Crippen LogP contribution in [0.2, 0.25) is 0 Å². The fraction of sp³-hybridized carbons (Fsp3) is 0.600. The average molecular weight is 377 g/mol. The minimum absolute atomic E-state index is 0.0615. The van der Waals surface area contributed by atoms with E-state index in [2.05, 4.69) is 5.32 Å². The number of methoxy groups -OCH3 is 1. The maximum atomic E-state index is 12.7. The van der Waals surface area contributed by atoms with E-state index in [4.69, 9.17) is 9.47 Å². The number of carbonyl (C=O) groups excluding carboxylic acids is 2. The van der Waals surface area contributed by atoms with Gasteiger partial charge in [-0.2, -0.15) is 0 Å². The summed E-state index contributed by atoms with van der Waals surface area (Å²) in [4.78, 5) is 28.4. The van der Waals surface area contributed by atoms with Gasteiger partial charge in [-0.15, -0.1) is 0 Å². The van der Waals surface area contributed by atoms with Gasteiger partial charge in [-0.1, -0.05) is 18.2 Å². The summed E-state index contributed by atoms with van der Waals surface area (Å²) in [5.74, 6) is 0. The van der Waals surface area contributed by atoms with E-state index >= 15 is 0 Å². The van der Waals surface area contributed by atoms with Crippen LogP contribution in [0, 0.1) is 0 Å². The van der Waals surface area contributed by atoms with E-state index in [0.717, 1.165) is 24.1 Å². The first-order valence-electron chi connectivity index (χ1n) is 9.30. The summed E-state index contributed by atoms with van der Waals surface area (Å²) in [6, 6.07) is 7.35. The van der Waals surface area contributed by atoms with Gasteiger partial charge in [0.1, 0.15) is 5.60 Å². The maximum absolute atomic E-state index is 12.7. The number of amides is 3. The molecule has 0 saturated carbocycles. The average Bonchev–Trinajstić information content (AvgIpc) is 2.61. The number of anilines is 1. The van der Waals surface area contributed by atoms with Crippen molar-refractivity contribution < 1.29 is 19.1 Å². The van der Waals surface area contributed by atoms with Crippen LogP contribution in [0.25, 0.3) is 0 Å². The SMILES string of the molecule is COCc1ccccc1NC(=O)N1CCC[C@H](N(C)C(=O)OC(C)(C)C)C1.